The number of carbonyl (C=O) groups is 1. The monoisotopic (exact) mass is 332 g/mol. The van der Waals surface area contributed by atoms with Gasteiger partial charge in [-0.3, -0.25) is 4.79 Å². The van der Waals surface area contributed by atoms with Crippen LogP contribution < -0.4 is 10.1 Å². The lowest BCUT2D eigenvalue weighted by atomic mass is 10.2. The first-order valence-electron chi connectivity index (χ1n) is 7.14. The van der Waals surface area contributed by atoms with Gasteiger partial charge in [0.15, 0.2) is 0 Å². The zero-order valence-electron chi connectivity index (χ0n) is 12.5. The summed E-state index contributed by atoms with van der Waals surface area (Å²) in [6.45, 7) is 2.64. The molecule has 0 bridgehead atoms. The first-order chi connectivity index (χ1) is 11.2. The van der Waals surface area contributed by atoms with E-state index in [-0.39, 0.29) is 12.5 Å². The summed E-state index contributed by atoms with van der Waals surface area (Å²) in [6.07, 6.45) is 0. The minimum Gasteiger partial charge on any atom is -0.465 e. The second-order valence-electron chi connectivity index (χ2n) is 4.78. The number of nitrogens with one attached hydrogen (secondary N) is 2. The third-order valence-corrected chi connectivity index (χ3v) is 4.06. The molecule has 3 N–H and O–H groups in total. The van der Waals surface area contributed by atoms with Gasteiger partial charge in [-0.2, -0.15) is 4.98 Å². The Labute approximate surface area is 136 Å². The van der Waals surface area contributed by atoms with Crippen LogP contribution in [-0.4, -0.2) is 32.6 Å². The lowest BCUT2D eigenvalue weighted by Gasteiger charge is -2.03. The van der Waals surface area contributed by atoms with Gasteiger partial charge in [-0.1, -0.05) is 0 Å². The maximum Gasteiger partial charge on any atom is 0.294 e. The van der Waals surface area contributed by atoms with Crippen molar-refractivity contribution in [3.05, 3.63) is 39.8 Å². The molecule has 0 fully saturated rings. The summed E-state index contributed by atoms with van der Waals surface area (Å²) in [5.74, 6) is -0.194. The molecule has 0 aliphatic heterocycles. The van der Waals surface area contributed by atoms with E-state index in [0.717, 1.165) is 16.0 Å². The van der Waals surface area contributed by atoms with E-state index < -0.39 is 0 Å². The van der Waals surface area contributed by atoms with Gasteiger partial charge in [0, 0.05) is 10.9 Å². The highest BCUT2D eigenvalue weighted by Crippen LogP contribution is 2.17. The van der Waals surface area contributed by atoms with Crippen LogP contribution in [0.3, 0.4) is 0 Å². The lowest BCUT2D eigenvalue weighted by molar-refractivity contribution is 0.0951. The molecule has 1 amide bonds. The van der Waals surface area contributed by atoms with Crippen molar-refractivity contribution in [2.75, 3.05) is 6.61 Å². The first-order valence-corrected chi connectivity index (χ1v) is 8.02. The number of aliphatic hydroxyl groups excluding tert-OH is 1. The summed E-state index contributed by atoms with van der Waals surface area (Å²) in [5, 5.41) is 14.3. The van der Waals surface area contributed by atoms with Gasteiger partial charge in [0.05, 0.1) is 36.5 Å². The zero-order chi connectivity index (χ0) is 16.2. The van der Waals surface area contributed by atoms with Gasteiger partial charge in [-0.15, -0.1) is 11.3 Å². The second-order valence-corrected chi connectivity index (χ2v) is 5.72. The van der Waals surface area contributed by atoms with E-state index in [4.69, 9.17) is 9.84 Å². The molecule has 0 aliphatic carbocycles. The van der Waals surface area contributed by atoms with Gasteiger partial charge >= 0.3 is 0 Å². The van der Waals surface area contributed by atoms with Crippen LogP contribution in [0.25, 0.3) is 11.0 Å². The third-order valence-electron chi connectivity index (χ3n) is 3.16. The van der Waals surface area contributed by atoms with Gasteiger partial charge in [0.25, 0.3) is 11.9 Å². The van der Waals surface area contributed by atoms with E-state index in [0.29, 0.717) is 30.4 Å². The molecular weight excluding hydrogens is 316 g/mol. The van der Waals surface area contributed by atoms with E-state index in [1.54, 1.807) is 23.6 Å². The lowest BCUT2D eigenvalue weighted by Crippen LogP contribution is -2.22. The number of rotatable bonds is 6. The summed E-state index contributed by atoms with van der Waals surface area (Å²) in [5.41, 5.74) is 2.64. The molecule has 0 saturated carbocycles. The Morgan fingerprint density at radius 3 is 3.04 bits per heavy atom. The number of ether oxygens (including phenoxy) is 1. The summed E-state index contributed by atoms with van der Waals surface area (Å²) in [4.78, 5) is 23.7. The number of thiazole rings is 1. The van der Waals surface area contributed by atoms with Crippen LogP contribution in [0.5, 0.6) is 6.01 Å². The van der Waals surface area contributed by atoms with Crippen LogP contribution in [0.1, 0.15) is 28.0 Å². The van der Waals surface area contributed by atoms with E-state index >= 15 is 0 Å². The number of imidazole rings is 1. The maximum atomic E-state index is 12.2. The molecule has 120 valence electrons. The van der Waals surface area contributed by atoms with Crippen molar-refractivity contribution in [2.24, 2.45) is 0 Å². The van der Waals surface area contributed by atoms with Crippen molar-refractivity contribution >= 4 is 28.3 Å². The van der Waals surface area contributed by atoms with Crippen molar-refractivity contribution in [3.63, 3.8) is 0 Å². The average Bonchev–Trinajstić information content (AvgIpc) is 3.18. The summed E-state index contributed by atoms with van der Waals surface area (Å²) in [7, 11) is 0. The van der Waals surface area contributed by atoms with Crippen LogP contribution >= 0.6 is 11.3 Å². The molecule has 2 aromatic heterocycles. The molecule has 0 radical (unpaired) electrons. The molecule has 0 aliphatic rings. The van der Waals surface area contributed by atoms with Gasteiger partial charge in [0.1, 0.15) is 5.01 Å². The number of hydrogen-bond donors (Lipinski definition) is 3. The number of aromatic amines is 1. The van der Waals surface area contributed by atoms with Crippen molar-refractivity contribution in [2.45, 2.75) is 20.1 Å². The molecule has 0 unspecified atom stereocenters. The molecule has 1 aromatic carbocycles. The minimum atomic E-state index is -0.194. The number of benzene rings is 1. The predicted molar refractivity (Wildman–Crippen MR) is 86.5 cm³/mol. The summed E-state index contributed by atoms with van der Waals surface area (Å²) in [6, 6.07) is 5.67. The van der Waals surface area contributed by atoms with Gasteiger partial charge < -0.3 is 20.1 Å². The number of H-pyrrole nitrogens is 1. The number of carbonyl (C=O) groups excluding carboxylic acids is 1. The van der Waals surface area contributed by atoms with Crippen LogP contribution in [-0.2, 0) is 13.2 Å². The molecule has 3 aromatic rings. The van der Waals surface area contributed by atoms with E-state index in [2.05, 4.69) is 20.3 Å². The van der Waals surface area contributed by atoms with Crippen LogP contribution in [0.2, 0.25) is 0 Å². The Balaban J connectivity index is 1.69. The Morgan fingerprint density at radius 2 is 2.30 bits per heavy atom. The number of aliphatic hydroxyl groups is 1. The van der Waals surface area contributed by atoms with Crippen molar-refractivity contribution in [1.82, 2.24) is 20.3 Å². The second kappa shape index (κ2) is 6.76. The van der Waals surface area contributed by atoms with Crippen molar-refractivity contribution < 1.29 is 14.6 Å². The number of amides is 1. The van der Waals surface area contributed by atoms with Gasteiger partial charge in [-0.05, 0) is 25.1 Å². The van der Waals surface area contributed by atoms with E-state index in [1.807, 2.05) is 6.92 Å². The van der Waals surface area contributed by atoms with Crippen LogP contribution in [0.4, 0.5) is 0 Å². The smallest absolute Gasteiger partial charge is 0.294 e. The number of fused-ring (bicyclic) bond motifs is 1. The average molecular weight is 332 g/mol. The Kier molecular flexibility index (Phi) is 4.54. The van der Waals surface area contributed by atoms with E-state index in [1.165, 1.54) is 11.3 Å². The quantitative estimate of drug-likeness (QED) is 0.639. The van der Waals surface area contributed by atoms with Crippen molar-refractivity contribution in [1.29, 1.82) is 0 Å². The fourth-order valence-corrected chi connectivity index (χ4v) is 2.82. The van der Waals surface area contributed by atoms with Crippen LogP contribution in [0, 0.1) is 0 Å². The topological polar surface area (TPSA) is 100 Å². The number of nitrogens with zero attached hydrogens (tertiary/aromatic N) is 2. The zero-order valence-corrected chi connectivity index (χ0v) is 13.3. The third kappa shape index (κ3) is 3.49. The molecule has 0 saturated heterocycles. The number of aromatic nitrogens is 3. The van der Waals surface area contributed by atoms with Gasteiger partial charge in [-0.25, -0.2) is 4.98 Å². The van der Waals surface area contributed by atoms with Gasteiger partial charge in [0.2, 0.25) is 0 Å². The van der Waals surface area contributed by atoms with Crippen LogP contribution in [0.15, 0.2) is 23.6 Å². The molecule has 0 spiro atoms. The molecule has 2 heterocycles. The molecular formula is C15H16N4O3S. The largest absolute Gasteiger partial charge is 0.465 e. The highest BCUT2D eigenvalue weighted by Gasteiger charge is 2.10. The van der Waals surface area contributed by atoms with E-state index in [9.17, 15) is 4.79 Å². The highest BCUT2D eigenvalue weighted by molar-refractivity contribution is 7.09. The molecule has 8 heteroatoms. The fourth-order valence-electron chi connectivity index (χ4n) is 2.09. The normalized spacial score (nSPS) is 10.9. The molecule has 3 rings (SSSR count). The predicted octanol–water partition coefficient (Wildman–Crippen LogP) is 1.84. The molecule has 0 atom stereocenters. The fraction of sp³-hybridized carbons (Fsp3) is 0.267. The van der Waals surface area contributed by atoms with Crippen molar-refractivity contribution in [3.8, 4) is 6.01 Å². The SMILES string of the molecule is CCOc1nc2ccc(C(=O)NCc3nc(CO)cs3)cc2[nH]1. The Bertz CT molecular complexity index is 827. The minimum absolute atomic E-state index is 0.0941. The highest BCUT2D eigenvalue weighted by atomic mass is 32.1. The Hall–Kier alpha value is -2.45. The maximum absolute atomic E-state index is 12.2. The first kappa shape index (κ1) is 15.4. The standard InChI is InChI=1S/C15H16N4O3S/c1-2-22-15-18-11-4-3-9(5-12(11)19-15)14(21)16-6-13-17-10(7-20)8-23-13/h3-5,8,20H,2,6-7H2,1H3,(H,16,21)(H,18,19). The molecule has 7 nitrogen and oxygen atoms in total. The summed E-state index contributed by atoms with van der Waals surface area (Å²) < 4.78 is 5.31. The summed E-state index contributed by atoms with van der Waals surface area (Å²) >= 11 is 1.40. The Morgan fingerprint density at radius 1 is 1.43 bits per heavy atom. The number of hydrogen-bond acceptors (Lipinski definition) is 6. The molecule has 23 heavy (non-hydrogen) atoms.